The molecule has 8 heteroatoms. The monoisotopic (exact) mass is 369 g/mol. The minimum absolute atomic E-state index is 0.187. The zero-order chi connectivity index (χ0) is 18.7. The Bertz CT molecular complexity index is 929. The first-order valence-corrected chi connectivity index (χ1v) is 8.86. The number of benzene rings is 1. The maximum Gasteiger partial charge on any atom is 0.318 e. The van der Waals surface area contributed by atoms with Crippen LogP contribution in [0.25, 0.3) is 5.13 Å². The van der Waals surface area contributed by atoms with Gasteiger partial charge in [0, 0.05) is 41.4 Å². The van der Waals surface area contributed by atoms with Gasteiger partial charge in [-0.3, -0.25) is 9.36 Å². The van der Waals surface area contributed by atoms with Crippen LogP contribution >= 0.6 is 11.3 Å². The molecule has 0 bridgehead atoms. The lowest BCUT2D eigenvalue weighted by Crippen LogP contribution is -2.24. The molecule has 0 atom stereocenters. The van der Waals surface area contributed by atoms with Crippen LogP contribution in [0.4, 0.5) is 16.2 Å². The third-order valence-corrected chi connectivity index (χ3v) is 4.67. The molecular weight excluding hydrogens is 350 g/mol. The van der Waals surface area contributed by atoms with Crippen LogP contribution in [0, 0.1) is 13.8 Å². The Balaban J connectivity index is 1.76. The number of urea groups is 1. The first-order chi connectivity index (χ1) is 12.5. The molecule has 3 N–H and O–H groups in total. The lowest BCUT2D eigenvalue weighted by molar-refractivity contribution is 0.102. The maximum absolute atomic E-state index is 12.7. The summed E-state index contributed by atoms with van der Waals surface area (Å²) in [6.45, 7) is 3.85. The van der Waals surface area contributed by atoms with E-state index in [-0.39, 0.29) is 11.9 Å². The molecule has 0 aliphatic heterocycles. The van der Waals surface area contributed by atoms with Crippen molar-refractivity contribution < 1.29 is 9.59 Å². The van der Waals surface area contributed by atoms with Crippen molar-refractivity contribution in [3.05, 3.63) is 58.9 Å². The molecule has 0 saturated carbocycles. The standard InChI is InChI=1S/C18H19N5O2S/c1-11-10-15(12(2)23(11)18-20-8-9-26-18)16(24)21-13-4-6-14(7-5-13)22-17(25)19-3/h4-10H,1-3H3,(H,21,24)(H2,19,22,25). The van der Waals surface area contributed by atoms with Crippen molar-refractivity contribution in [1.82, 2.24) is 14.9 Å². The highest BCUT2D eigenvalue weighted by atomic mass is 32.1. The Morgan fingerprint density at radius 2 is 1.73 bits per heavy atom. The zero-order valence-electron chi connectivity index (χ0n) is 14.7. The van der Waals surface area contributed by atoms with Crippen molar-refractivity contribution in [2.24, 2.45) is 0 Å². The first-order valence-electron chi connectivity index (χ1n) is 7.98. The number of rotatable bonds is 4. The Kier molecular flexibility index (Phi) is 5.04. The fraction of sp³-hybridized carbons (Fsp3) is 0.167. The predicted octanol–water partition coefficient (Wildman–Crippen LogP) is 3.55. The van der Waals surface area contributed by atoms with Crippen molar-refractivity contribution in [2.45, 2.75) is 13.8 Å². The molecule has 0 aliphatic carbocycles. The quantitative estimate of drug-likeness (QED) is 0.657. The number of amides is 3. The molecule has 0 spiro atoms. The number of aryl methyl sites for hydroxylation is 1. The number of carbonyl (C=O) groups is 2. The smallest absolute Gasteiger partial charge is 0.318 e. The fourth-order valence-electron chi connectivity index (χ4n) is 2.64. The van der Waals surface area contributed by atoms with Crippen molar-refractivity contribution >= 4 is 34.6 Å². The van der Waals surface area contributed by atoms with Crippen LogP contribution in [0.15, 0.2) is 41.9 Å². The lowest BCUT2D eigenvalue weighted by Gasteiger charge is -2.08. The minimum Gasteiger partial charge on any atom is -0.341 e. The molecule has 134 valence electrons. The number of hydrogen-bond donors (Lipinski definition) is 3. The molecule has 0 unspecified atom stereocenters. The fourth-order valence-corrected chi connectivity index (χ4v) is 3.39. The van der Waals surface area contributed by atoms with Crippen LogP contribution in [0.3, 0.4) is 0 Å². The summed E-state index contributed by atoms with van der Waals surface area (Å²) in [5.74, 6) is -0.187. The highest BCUT2D eigenvalue weighted by Crippen LogP contribution is 2.23. The summed E-state index contributed by atoms with van der Waals surface area (Å²) in [7, 11) is 1.55. The number of anilines is 2. The van der Waals surface area contributed by atoms with Crippen molar-refractivity contribution in [3.8, 4) is 5.13 Å². The van der Waals surface area contributed by atoms with Crippen molar-refractivity contribution in [3.63, 3.8) is 0 Å². The molecule has 2 aromatic heterocycles. The van der Waals surface area contributed by atoms with Gasteiger partial charge in [-0.2, -0.15) is 0 Å². The minimum atomic E-state index is -0.295. The highest BCUT2D eigenvalue weighted by Gasteiger charge is 2.17. The van der Waals surface area contributed by atoms with Crippen LogP contribution in [-0.4, -0.2) is 28.5 Å². The van der Waals surface area contributed by atoms with E-state index >= 15 is 0 Å². The predicted molar refractivity (Wildman–Crippen MR) is 103 cm³/mol. The van der Waals surface area contributed by atoms with Gasteiger partial charge in [0.05, 0.1) is 5.56 Å². The van der Waals surface area contributed by atoms with Gasteiger partial charge in [0.1, 0.15) is 0 Å². The lowest BCUT2D eigenvalue weighted by atomic mass is 10.2. The molecule has 0 fully saturated rings. The van der Waals surface area contributed by atoms with Gasteiger partial charge in [-0.05, 0) is 44.2 Å². The molecule has 3 rings (SSSR count). The Hall–Kier alpha value is -3.13. The molecule has 7 nitrogen and oxygen atoms in total. The van der Waals surface area contributed by atoms with E-state index < -0.39 is 0 Å². The molecule has 0 radical (unpaired) electrons. The Labute approximate surface area is 155 Å². The van der Waals surface area contributed by atoms with E-state index in [9.17, 15) is 9.59 Å². The van der Waals surface area contributed by atoms with E-state index in [1.54, 1.807) is 37.5 Å². The maximum atomic E-state index is 12.7. The summed E-state index contributed by atoms with van der Waals surface area (Å²) < 4.78 is 1.97. The summed E-state index contributed by atoms with van der Waals surface area (Å²) in [4.78, 5) is 28.3. The second-order valence-electron chi connectivity index (χ2n) is 5.67. The number of hydrogen-bond acceptors (Lipinski definition) is 4. The number of nitrogens with zero attached hydrogens (tertiary/aromatic N) is 2. The van der Waals surface area contributed by atoms with Gasteiger partial charge in [-0.15, -0.1) is 11.3 Å². The molecular formula is C18H19N5O2S. The molecule has 1 aromatic carbocycles. The molecule has 2 heterocycles. The van der Waals surface area contributed by atoms with Crippen LogP contribution in [0.1, 0.15) is 21.7 Å². The zero-order valence-corrected chi connectivity index (χ0v) is 15.5. The van der Waals surface area contributed by atoms with Crippen molar-refractivity contribution in [2.75, 3.05) is 17.7 Å². The first kappa shape index (κ1) is 17.7. The van der Waals surface area contributed by atoms with Crippen LogP contribution in [0.5, 0.6) is 0 Å². The highest BCUT2D eigenvalue weighted by molar-refractivity contribution is 7.12. The van der Waals surface area contributed by atoms with Gasteiger partial charge in [-0.1, -0.05) is 0 Å². The molecule has 3 aromatic rings. The topological polar surface area (TPSA) is 88.0 Å². The van der Waals surface area contributed by atoms with Gasteiger partial charge in [0.2, 0.25) is 0 Å². The van der Waals surface area contributed by atoms with Gasteiger partial charge in [0.15, 0.2) is 5.13 Å². The van der Waals surface area contributed by atoms with E-state index in [0.29, 0.717) is 16.9 Å². The van der Waals surface area contributed by atoms with Gasteiger partial charge in [0.25, 0.3) is 5.91 Å². The van der Waals surface area contributed by atoms with E-state index in [1.807, 2.05) is 29.9 Å². The molecule has 0 aliphatic rings. The van der Waals surface area contributed by atoms with Gasteiger partial charge >= 0.3 is 6.03 Å². The number of carbonyl (C=O) groups excluding carboxylic acids is 2. The average Bonchev–Trinajstić information content (AvgIpc) is 3.24. The normalized spacial score (nSPS) is 10.4. The molecule has 0 saturated heterocycles. The summed E-state index contributed by atoms with van der Waals surface area (Å²) in [5, 5.41) is 10.8. The summed E-state index contributed by atoms with van der Waals surface area (Å²) in [6.07, 6.45) is 1.74. The second kappa shape index (κ2) is 7.40. The van der Waals surface area contributed by atoms with Gasteiger partial charge < -0.3 is 16.0 Å². The van der Waals surface area contributed by atoms with Crippen LogP contribution in [-0.2, 0) is 0 Å². The average molecular weight is 369 g/mol. The summed E-state index contributed by atoms with van der Waals surface area (Å²) >= 11 is 1.52. The summed E-state index contributed by atoms with van der Waals surface area (Å²) in [6, 6.07) is 8.49. The Morgan fingerprint density at radius 1 is 1.08 bits per heavy atom. The Morgan fingerprint density at radius 3 is 2.31 bits per heavy atom. The van der Waals surface area contributed by atoms with E-state index in [4.69, 9.17) is 0 Å². The SMILES string of the molecule is CNC(=O)Nc1ccc(NC(=O)c2cc(C)n(-c3nccs3)c2C)cc1. The van der Waals surface area contributed by atoms with E-state index in [2.05, 4.69) is 20.9 Å². The van der Waals surface area contributed by atoms with Crippen LogP contribution < -0.4 is 16.0 Å². The molecule has 3 amide bonds. The molecule has 26 heavy (non-hydrogen) atoms. The third kappa shape index (κ3) is 3.60. The second-order valence-corrected chi connectivity index (χ2v) is 6.54. The number of aromatic nitrogens is 2. The third-order valence-electron chi connectivity index (χ3n) is 3.91. The van der Waals surface area contributed by atoms with E-state index in [0.717, 1.165) is 16.5 Å². The van der Waals surface area contributed by atoms with E-state index in [1.165, 1.54) is 11.3 Å². The number of thiazole rings is 1. The number of nitrogens with one attached hydrogen (secondary N) is 3. The summed E-state index contributed by atoms with van der Waals surface area (Å²) in [5.41, 5.74) is 3.69. The largest absolute Gasteiger partial charge is 0.341 e. The van der Waals surface area contributed by atoms with Crippen LogP contribution in [0.2, 0.25) is 0 Å². The van der Waals surface area contributed by atoms with Gasteiger partial charge in [-0.25, -0.2) is 9.78 Å². The van der Waals surface area contributed by atoms with Crippen molar-refractivity contribution in [1.29, 1.82) is 0 Å².